The van der Waals surface area contributed by atoms with E-state index in [9.17, 15) is 22.2 Å². The molecule has 0 saturated carbocycles. The quantitative estimate of drug-likeness (QED) is 0.943. The van der Waals surface area contributed by atoms with Crippen LogP contribution in [0, 0.1) is 17.5 Å². The standard InChI is InChI=1S/C14H9F3O3S/c15-11-4-2-9(6-13(11)17)21(20)7-8-1-3-10(14(18)19)12(16)5-8/h1-6H,7H2,(H,18,19). The molecule has 0 fully saturated rings. The lowest BCUT2D eigenvalue weighted by atomic mass is 10.1. The molecule has 0 aliphatic rings. The van der Waals surface area contributed by atoms with Gasteiger partial charge in [0.25, 0.3) is 0 Å². The number of hydrogen-bond donors (Lipinski definition) is 1. The lowest BCUT2D eigenvalue weighted by molar-refractivity contribution is 0.0692. The van der Waals surface area contributed by atoms with E-state index in [1.54, 1.807) is 0 Å². The molecule has 0 heterocycles. The Morgan fingerprint density at radius 2 is 1.71 bits per heavy atom. The lowest BCUT2D eigenvalue weighted by Gasteiger charge is -2.05. The summed E-state index contributed by atoms with van der Waals surface area (Å²) >= 11 is 0. The van der Waals surface area contributed by atoms with E-state index in [0.29, 0.717) is 5.56 Å². The zero-order valence-electron chi connectivity index (χ0n) is 10.5. The fourth-order valence-electron chi connectivity index (χ4n) is 1.68. The largest absolute Gasteiger partial charge is 0.478 e. The summed E-state index contributed by atoms with van der Waals surface area (Å²) in [5.41, 5.74) is -0.196. The summed E-state index contributed by atoms with van der Waals surface area (Å²) in [5, 5.41) is 8.70. The summed E-state index contributed by atoms with van der Waals surface area (Å²) in [7, 11) is -1.70. The maximum atomic E-state index is 13.5. The Bertz CT molecular complexity index is 731. The molecule has 0 aliphatic carbocycles. The second-order valence-corrected chi connectivity index (χ2v) is 5.64. The van der Waals surface area contributed by atoms with E-state index in [1.807, 2.05) is 0 Å². The molecule has 0 saturated heterocycles. The van der Waals surface area contributed by atoms with Gasteiger partial charge in [0.05, 0.1) is 22.1 Å². The van der Waals surface area contributed by atoms with Crippen molar-refractivity contribution in [3.05, 3.63) is 65.0 Å². The van der Waals surface area contributed by atoms with Gasteiger partial charge in [0, 0.05) is 4.90 Å². The third kappa shape index (κ3) is 3.49. The lowest BCUT2D eigenvalue weighted by Crippen LogP contribution is -2.03. The zero-order chi connectivity index (χ0) is 15.6. The predicted molar refractivity (Wildman–Crippen MR) is 69.8 cm³/mol. The number of carbonyl (C=O) groups is 1. The van der Waals surface area contributed by atoms with Crippen molar-refractivity contribution in [3.63, 3.8) is 0 Å². The highest BCUT2D eigenvalue weighted by Gasteiger charge is 2.13. The SMILES string of the molecule is O=C(O)c1ccc(CS(=O)c2ccc(F)c(F)c2)cc1F. The maximum absolute atomic E-state index is 13.5. The Morgan fingerprint density at radius 3 is 2.29 bits per heavy atom. The normalized spacial score (nSPS) is 12.1. The van der Waals surface area contributed by atoms with E-state index in [4.69, 9.17) is 5.11 Å². The van der Waals surface area contributed by atoms with Crippen molar-refractivity contribution in [2.75, 3.05) is 0 Å². The van der Waals surface area contributed by atoms with Crippen molar-refractivity contribution in [1.29, 1.82) is 0 Å². The summed E-state index contributed by atoms with van der Waals surface area (Å²) in [4.78, 5) is 10.7. The third-order valence-corrected chi connectivity index (χ3v) is 4.09. The van der Waals surface area contributed by atoms with E-state index in [2.05, 4.69) is 0 Å². The van der Waals surface area contributed by atoms with Gasteiger partial charge in [-0.3, -0.25) is 4.21 Å². The van der Waals surface area contributed by atoms with Gasteiger partial charge < -0.3 is 5.11 Å². The summed E-state index contributed by atoms with van der Waals surface area (Å²) in [5.74, 6) is -4.65. The van der Waals surface area contributed by atoms with Crippen LogP contribution >= 0.6 is 0 Å². The molecule has 0 aromatic heterocycles. The Morgan fingerprint density at radius 1 is 1.00 bits per heavy atom. The molecule has 7 heteroatoms. The fourth-order valence-corrected chi connectivity index (χ4v) is 2.78. The van der Waals surface area contributed by atoms with Crippen LogP contribution in [0.15, 0.2) is 41.3 Å². The van der Waals surface area contributed by atoms with Crippen LogP contribution in [0.1, 0.15) is 15.9 Å². The highest BCUT2D eigenvalue weighted by atomic mass is 32.2. The van der Waals surface area contributed by atoms with Crippen LogP contribution in [-0.2, 0) is 16.6 Å². The van der Waals surface area contributed by atoms with Crippen LogP contribution in [0.25, 0.3) is 0 Å². The van der Waals surface area contributed by atoms with Crippen molar-refractivity contribution in [2.45, 2.75) is 10.6 Å². The summed E-state index contributed by atoms with van der Waals surface area (Å²) < 4.78 is 51.3. The second-order valence-electron chi connectivity index (χ2n) is 4.19. The van der Waals surface area contributed by atoms with Crippen LogP contribution in [-0.4, -0.2) is 15.3 Å². The van der Waals surface area contributed by atoms with Crippen LogP contribution in [0.3, 0.4) is 0 Å². The highest BCUT2D eigenvalue weighted by molar-refractivity contribution is 7.84. The first kappa shape index (κ1) is 15.2. The molecule has 0 bridgehead atoms. The van der Waals surface area contributed by atoms with E-state index >= 15 is 0 Å². The molecule has 2 rings (SSSR count). The number of benzene rings is 2. The number of halogens is 3. The van der Waals surface area contributed by atoms with Crippen LogP contribution < -0.4 is 0 Å². The number of carboxylic acid groups (broad SMARTS) is 1. The number of aromatic carboxylic acids is 1. The maximum Gasteiger partial charge on any atom is 0.338 e. The molecule has 0 radical (unpaired) electrons. The minimum atomic E-state index is -1.70. The monoisotopic (exact) mass is 314 g/mol. The number of carboxylic acids is 1. The molecule has 0 spiro atoms. The van der Waals surface area contributed by atoms with Gasteiger partial charge in [-0.15, -0.1) is 0 Å². The van der Waals surface area contributed by atoms with Gasteiger partial charge in [0.2, 0.25) is 0 Å². The van der Waals surface area contributed by atoms with Gasteiger partial charge in [-0.1, -0.05) is 6.07 Å². The van der Waals surface area contributed by atoms with Gasteiger partial charge in [-0.05, 0) is 35.9 Å². The van der Waals surface area contributed by atoms with Crippen LogP contribution in [0.4, 0.5) is 13.2 Å². The number of hydrogen-bond acceptors (Lipinski definition) is 2. The molecule has 110 valence electrons. The van der Waals surface area contributed by atoms with E-state index in [-0.39, 0.29) is 10.6 Å². The Balaban J connectivity index is 2.21. The zero-order valence-corrected chi connectivity index (χ0v) is 11.3. The Kier molecular flexibility index (Phi) is 4.42. The molecule has 3 nitrogen and oxygen atoms in total. The molecule has 0 amide bonds. The summed E-state index contributed by atoms with van der Waals surface area (Å²) in [6, 6.07) is 6.20. The predicted octanol–water partition coefficient (Wildman–Crippen LogP) is 3.11. The van der Waals surface area contributed by atoms with Gasteiger partial charge in [-0.25, -0.2) is 18.0 Å². The first-order valence-electron chi connectivity index (χ1n) is 5.73. The minimum Gasteiger partial charge on any atom is -0.478 e. The summed E-state index contributed by atoms with van der Waals surface area (Å²) in [6.07, 6.45) is 0. The van der Waals surface area contributed by atoms with Crippen molar-refractivity contribution >= 4 is 16.8 Å². The highest BCUT2D eigenvalue weighted by Crippen LogP contribution is 2.17. The molecule has 1 unspecified atom stereocenters. The molecule has 1 N–H and O–H groups in total. The smallest absolute Gasteiger partial charge is 0.338 e. The second kappa shape index (κ2) is 6.09. The first-order chi connectivity index (χ1) is 9.88. The van der Waals surface area contributed by atoms with Crippen molar-refractivity contribution < 1.29 is 27.3 Å². The van der Waals surface area contributed by atoms with Crippen molar-refractivity contribution in [1.82, 2.24) is 0 Å². The molecule has 2 aromatic carbocycles. The van der Waals surface area contributed by atoms with Gasteiger partial charge >= 0.3 is 5.97 Å². The van der Waals surface area contributed by atoms with E-state index in [1.165, 1.54) is 12.1 Å². The van der Waals surface area contributed by atoms with Crippen LogP contribution in [0.5, 0.6) is 0 Å². The van der Waals surface area contributed by atoms with Crippen molar-refractivity contribution in [2.24, 2.45) is 0 Å². The average molecular weight is 314 g/mol. The van der Waals surface area contributed by atoms with Gasteiger partial charge in [-0.2, -0.15) is 0 Å². The summed E-state index contributed by atoms with van der Waals surface area (Å²) in [6.45, 7) is 0. The van der Waals surface area contributed by atoms with Gasteiger partial charge in [0.1, 0.15) is 5.82 Å². The fraction of sp³-hybridized carbons (Fsp3) is 0.0714. The minimum absolute atomic E-state index is 0.0663. The third-order valence-electron chi connectivity index (χ3n) is 2.72. The van der Waals surface area contributed by atoms with E-state index < -0.39 is 39.8 Å². The van der Waals surface area contributed by atoms with E-state index in [0.717, 1.165) is 24.3 Å². The Hall–Kier alpha value is -2.15. The van der Waals surface area contributed by atoms with Gasteiger partial charge in [0.15, 0.2) is 11.6 Å². The number of rotatable bonds is 4. The average Bonchev–Trinajstić information content (AvgIpc) is 2.41. The Labute approximate surface area is 120 Å². The molecular formula is C14H9F3O3S. The van der Waals surface area contributed by atoms with Crippen molar-refractivity contribution in [3.8, 4) is 0 Å². The molecular weight excluding hydrogens is 305 g/mol. The topological polar surface area (TPSA) is 54.4 Å². The molecule has 1 atom stereocenters. The molecule has 0 aliphatic heterocycles. The van der Waals surface area contributed by atoms with Crippen LogP contribution in [0.2, 0.25) is 0 Å². The first-order valence-corrected chi connectivity index (χ1v) is 7.05. The molecule has 21 heavy (non-hydrogen) atoms. The molecule has 2 aromatic rings.